The van der Waals surface area contributed by atoms with Gasteiger partial charge in [0.25, 0.3) is 0 Å². The number of nitrogens with zero attached hydrogens (tertiary/aromatic N) is 2. The number of alkyl halides is 3. The Labute approximate surface area is 84.0 Å². The van der Waals surface area contributed by atoms with Gasteiger partial charge in [0, 0.05) is 12.6 Å². The lowest BCUT2D eigenvalue weighted by Gasteiger charge is -2.02. The van der Waals surface area contributed by atoms with Crippen LogP contribution in [-0.2, 0) is 13.2 Å². The van der Waals surface area contributed by atoms with Crippen LogP contribution in [0.5, 0.6) is 0 Å². The molecule has 0 atom stereocenters. The summed E-state index contributed by atoms with van der Waals surface area (Å²) in [5.74, 6) is 0. The van der Waals surface area contributed by atoms with Crippen LogP contribution in [0.15, 0.2) is 6.08 Å². The Kier molecular flexibility index (Phi) is 2.89. The number of aromatic nitrogens is 2. The first kappa shape index (κ1) is 11.1. The van der Waals surface area contributed by atoms with Crippen LogP contribution in [0.2, 0.25) is 5.15 Å². The lowest BCUT2D eigenvalue weighted by Crippen LogP contribution is -2.08. The first-order valence-electron chi connectivity index (χ1n) is 3.80. The molecule has 2 nitrogen and oxygen atoms in total. The fraction of sp³-hybridized carbons (Fsp3) is 0.375. The second-order valence-electron chi connectivity index (χ2n) is 2.67. The van der Waals surface area contributed by atoms with Crippen molar-refractivity contribution >= 4 is 17.7 Å². The molecule has 1 aromatic heterocycles. The topological polar surface area (TPSA) is 17.8 Å². The molecule has 78 valence electrons. The second-order valence-corrected chi connectivity index (χ2v) is 3.03. The van der Waals surface area contributed by atoms with Gasteiger partial charge in [-0.25, -0.2) is 0 Å². The number of halogens is 4. The summed E-state index contributed by atoms with van der Waals surface area (Å²) in [6.07, 6.45) is -1.70. The average molecular weight is 225 g/mol. The van der Waals surface area contributed by atoms with Crippen LogP contribution in [0.4, 0.5) is 13.2 Å². The zero-order valence-corrected chi connectivity index (χ0v) is 8.32. The zero-order chi connectivity index (χ0) is 10.9. The van der Waals surface area contributed by atoms with Crippen LogP contribution in [0.25, 0.3) is 6.08 Å². The van der Waals surface area contributed by atoms with Crippen LogP contribution < -0.4 is 0 Å². The van der Waals surface area contributed by atoms with E-state index in [0.717, 1.165) is 4.68 Å². The van der Waals surface area contributed by atoms with Crippen molar-refractivity contribution < 1.29 is 13.2 Å². The summed E-state index contributed by atoms with van der Waals surface area (Å²) in [6.45, 7) is 1.61. The normalized spacial score (nSPS) is 12.7. The van der Waals surface area contributed by atoms with Crippen molar-refractivity contribution in [3.63, 3.8) is 0 Å². The minimum Gasteiger partial charge on any atom is -0.256 e. The molecule has 0 spiro atoms. The molecule has 1 aromatic rings. The van der Waals surface area contributed by atoms with Crippen molar-refractivity contribution in [2.24, 2.45) is 7.05 Å². The molecule has 0 unspecified atom stereocenters. The number of allylic oxidation sites excluding steroid dienone is 1. The lowest BCUT2D eigenvalue weighted by atomic mass is 10.2. The molecular weight excluding hydrogens is 217 g/mol. The highest BCUT2D eigenvalue weighted by Gasteiger charge is 2.37. The first-order valence-corrected chi connectivity index (χ1v) is 4.18. The van der Waals surface area contributed by atoms with E-state index in [1.807, 2.05) is 0 Å². The fourth-order valence-corrected chi connectivity index (χ4v) is 1.23. The number of hydrogen-bond acceptors (Lipinski definition) is 1. The van der Waals surface area contributed by atoms with Gasteiger partial charge in [0.2, 0.25) is 0 Å². The fourth-order valence-electron chi connectivity index (χ4n) is 1.04. The van der Waals surface area contributed by atoms with E-state index in [-0.39, 0.29) is 10.7 Å². The monoisotopic (exact) mass is 224 g/mol. The van der Waals surface area contributed by atoms with Gasteiger partial charge in [-0.05, 0) is 6.92 Å². The van der Waals surface area contributed by atoms with Crippen molar-refractivity contribution in [3.05, 3.63) is 22.5 Å². The number of aryl methyl sites for hydroxylation is 1. The van der Waals surface area contributed by atoms with Crippen molar-refractivity contribution in [3.8, 4) is 0 Å². The predicted molar refractivity (Wildman–Crippen MR) is 47.9 cm³/mol. The molecule has 0 saturated carbocycles. The van der Waals surface area contributed by atoms with Crippen molar-refractivity contribution in [2.45, 2.75) is 13.1 Å². The Morgan fingerprint density at radius 3 is 2.43 bits per heavy atom. The van der Waals surface area contributed by atoms with E-state index >= 15 is 0 Å². The largest absolute Gasteiger partial charge is 0.435 e. The molecule has 0 aromatic carbocycles. The summed E-state index contributed by atoms with van der Waals surface area (Å²) in [7, 11) is 1.37. The van der Waals surface area contributed by atoms with E-state index < -0.39 is 11.9 Å². The molecule has 0 aliphatic rings. The number of rotatable bonds is 1. The highest BCUT2D eigenvalue weighted by atomic mass is 35.5. The summed E-state index contributed by atoms with van der Waals surface area (Å²) in [6, 6.07) is 0. The van der Waals surface area contributed by atoms with E-state index in [0.29, 0.717) is 0 Å². The molecule has 0 bridgehead atoms. The van der Waals surface area contributed by atoms with Gasteiger partial charge in [-0.3, -0.25) is 4.68 Å². The number of hydrogen-bond donors (Lipinski definition) is 0. The molecule has 0 aliphatic carbocycles. The predicted octanol–water partition coefficient (Wildman–Crippen LogP) is 3.13. The molecule has 1 heterocycles. The summed E-state index contributed by atoms with van der Waals surface area (Å²) in [5.41, 5.74) is -1.05. The standard InChI is InChI=1S/C8H8ClF3N2/c1-3-4-5-6(8(10,11)12)13-14(2)7(5)9/h3-4H,1-2H3. The smallest absolute Gasteiger partial charge is 0.256 e. The van der Waals surface area contributed by atoms with Crippen LogP contribution in [0.1, 0.15) is 18.2 Å². The molecule has 0 radical (unpaired) electrons. The summed E-state index contributed by atoms with van der Waals surface area (Å²) < 4.78 is 38.2. The maximum Gasteiger partial charge on any atom is 0.435 e. The van der Waals surface area contributed by atoms with Gasteiger partial charge in [0.15, 0.2) is 5.69 Å². The summed E-state index contributed by atoms with van der Waals surface area (Å²) in [5, 5.41) is 3.29. The molecule has 14 heavy (non-hydrogen) atoms. The first-order chi connectivity index (χ1) is 6.38. The SMILES string of the molecule is CC=Cc1c(C(F)(F)F)nn(C)c1Cl. The quantitative estimate of drug-likeness (QED) is 0.717. The minimum atomic E-state index is -4.47. The Morgan fingerprint density at radius 1 is 1.43 bits per heavy atom. The van der Waals surface area contributed by atoms with E-state index in [9.17, 15) is 13.2 Å². The highest BCUT2D eigenvalue weighted by molar-refractivity contribution is 6.31. The van der Waals surface area contributed by atoms with E-state index in [2.05, 4.69) is 5.10 Å². The van der Waals surface area contributed by atoms with Crippen LogP contribution >= 0.6 is 11.6 Å². The van der Waals surface area contributed by atoms with Crippen LogP contribution in [0, 0.1) is 0 Å². The highest BCUT2D eigenvalue weighted by Crippen LogP contribution is 2.34. The van der Waals surface area contributed by atoms with Crippen LogP contribution in [0.3, 0.4) is 0 Å². The summed E-state index contributed by atoms with van der Waals surface area (Å²) >= 11 is 5.65. The van der Waals surface area contributed by atoms with Crippen LogP contribution in [-0.4, -0.2) is 9.78 Å². The Morgan fingerprint density at radius 2 is 2.00 bits per heavy atom. The van der Waals surface area contributed by atoms with Crippen molar-refractivity contribution in [2.75, 3.05) is 0 Å². The minimum absolute atomic E-state index is 0.0181. The molecule has 0 fully saturated rings. The Bertz CT molecular complexity index is 365. The van der Waals surface area contributed by atoms with Gasteiger partial charge in [-0.1, -0.05) is 23.8 Å². The third kappa shape index (κ3) is 1.92. The second kappa shape index (κ2) is 3.65. The van der Waals surface area contributed by atoms with E-state index in [4.69, 9.17) is 11.6 Å². The third-order valence-electron chi connectivity index (χ3n) is 1.61. The van der Waals surface area contributed by atoms with Crippen molar-refractivity contribution in [1.82, 2.24) is 9.78 Å². The lowest BCUT2D eigenvalue weighted by molar-refractivity contribution is -0.141. The van der Waals surface area contributed by atoms with Gasteiger partial charge >= 0.3 is 6.18 Å². The molecule has 0 amide bonds. The van der Waals surface area contributed by atoms with Gasteiger partial charge in [0.1, 0.15) is 5.15 Å². The van der Waals surface area contributed by atoms with E-state index in [1.54, 1.807) is 6.92 Å². The Hall–Kier alpha value is -0.970. The molecule has 6 heteroatoms. The molecule has 0 aliphatic heterocycles. The average Bonchev–Trinajstić information content (AvgIpc) is 2.32. The zero-order valence-electron chi connectivity index (χ0n) is 7.56. The summed E-state index contributed by atoms with van der Waals surface area (Å²) in [4.78, 5) is 0. The van der Waals surface area contributed by atoms with Gasteiger partial charge in [-0.15, -0.1) is 0 Å². The molecule has 0 saturated heterocycles. The maximum atomic E-state index is 12.4. The van der Waals surface area contributed by atoms with Crippen molar-refractivity contribution in [1.29, 1.82) is 0 Å². The Balaban J connectivity index is 3.37. The molecular formula is C8H8ClF3N2. The van der Waals surface area contributed by atoms with Gasteiger partial charge in [0.05, 0.1) is 0 Å². The maximum absolute atomic E-state index is 12.4. The van der Waals surface area contributed by atoms with Gasteiger partial charge < -0.3 is 0 Å². The van der Waals surface area contributed by atoms with E-state index in [1.165, 1.54) is 19.2 Å². The molecule has 0 N–H and O–H groups in total. The molecule has 1 rings (SSSR count). The van der Waals surface area contributed by atoms with Gasteiger partial charge in [-0.2, -0.15) is 18.3 Å². The third-order valence-corrected chi connectivity index (χ3v) is 2.06.